The van der Waals surface area contributed by atoms with Crippen molar-refractivity contribution in [3.63, 3.8) is 0 Å². The van der Waals surface area contributed by atoms with E-state index >= 15 is 0 Å². The fraction of sp³-hybridized carbons (Fsp3) is 0.625. The average Bonchev–Trinajstić information content (AvgIpc) is 3.00. The molecule has 1 nitrogen and oxygen atoms in total. The molecule has 0 spiro atoms. The van der Waals surface area contributed by atoms with Crippen LogP contribution in [0.3, 0.4) is 0 Å². The number of hydrogen-bond acceptors (Lipinski definition) is 1. The molecule has 1 aliphatic heterocycles. The summed E-state index contributed by atoms with van der Waals surface area (Å²) in [5, 5.41) is 3.57. The highest BCUT2D eigenvalue weighted by atomic mass is 14.9. The van der Waals surface area contributed by atoms with Gasteiger partial charge in [-0.15, -0.1) is 0 Å². The highest BCUT2D eigenvalue weighted by Crippen LogP contribution is 2.53. The van der Waals surface area contributed by atoms with E-state index in [0.717, 1.165) is 24.3 Å². The summed E-state index contributed by atoms with van der Waals surface area (Å²) in [6.45, 7) is 1.16. The quantitative estimate of drug-likeness (QED) is 0.766. The van der Waals surface area contributed by atoms with E-state index in [1.807, 2.05) is 0 Å². The van der Waals surface area contributed by atoms with Crippen molar-refractivity contribution >= 4 is 5.69 Å². The predicted molar refractivity (Wildman–Crippen MR) is 71.4 cm³/mol. The van der Waals surface area contributed by atoms with Crippen LogP contribution in [0.5, 0.6) is 0 Å². The molecule has 1 heterocycles. The molecule has 0 saturated heterocycles. The number of hydrogen-bond donors (Lipinski definition) is 1. The van der Waals surface area contributed by atoms with E-state index in [1.165, 1.54) is 49.8 Å². The first-order valence-corrected chi connectivity index (χ1v) is 7.27. The molecule has 3 aliphatic rings. The summed E-state index contributed by atoms with van der Waals surface area (Å²) in [6.07, 6.45) is 8.52. The second-order valence-corrected chi connectivity index (χ2v) is 6.23. The summed E-state index contributed by atoms with van der Waals surface area (Å²) in [5.41, 5.74) is 4.57. The van der Waals surface area contributed by atoms with E-state index in [4.69, 9.17) is 0 Å². The molecule has 90 valence electrons. The maximum Gasteiger partial charge on any atom is 0.0375 e. The fourth-order valence-corrected chi connectivity index (χ4v) is 4.36. The Morgan fingerprint density at radius 3 is 2.94 bits per heavy atom. The minimum Gasteiger partial charge on any atom is -0.385 e. The molecule has 3 atom stereocenters. The summed E-state index contributed by atoms with van der Waals surface area (Å²) in [4.78, 5) is 0. The van der Waals surface area contributed by atoms with Gasteiger partial charge in [-0.25, -0.2) is 0 Å². The molecule has 4 rings (SSSR count). The van der Waals surface area contributed by atoms with E-state index in [-0.39, 0.29) is 0 Å². The summed E-state index contributed by atoms with van der Waals surface area (Å²) in [5.74, 6) is 2.93. The van der Waals surface area contributed by atoms with E-state index in [2.05, 4.69) is 23.5 Å². The zero-order valence-electron chi connectivity index (χ0n) is 10.4. The molecule has 2 aliphatic carbocycles. The van der Waals surface area contributed by atoms with Crippen molar-refractivity contribution < 1.29 is 0 Å². The molecule has 1 aromatic rings. The largest absolute Gasteiger partial charge is 0.385 e. The van der Waals surface area contributed by atoms with Gasteiger partial charge in [0.2, 0.25) is 0 Å². The standard InChI is InChI=1S/C16H21N/c1-2-12-5-6-14(10-16(12)17-7-1)15-9-11-3-4-13(15)8-11/h5-6,10-11,13,15,17H,1-4,7-9H2. The predicted octanol–water partition coefficient (Wildman–Crippen LogP) is 3.95. The van der Waals surface area contributed by atoms with Crippen LogP contribution in [0.15, 0.2) is 18.2 Å². The van der Waals surface area contributed by atoms with Crippen LogP contribution in [-0.2, 0) is 6.42 Å². The van der Waals surface area contributed by atoms with Gasteiger partial charge in [-0.2, -0.15) is 0 Å². The highest BCUT2D eigenvalue weighted by Gasteiger charge is 2.40. The van der Waals surface area contributed by atoms with Gasteiger partial charge in [-0.05, 0) is 67.1 Å². The maximum absolute atomic E-state index is 3.57. The molecule has 0 aromatic heterocycles. The summed E-state index contributed by atoms with van der Waals surface area (Å²) in [7, 11) is 0. The minimum atomic E-state index is 0.878. The van der Waals surface area contributed by atoms with Gasteiger partial charge in [-0.3, -0.25) is 0 Å². The first-order valence-electron chi connectivity index (χ1n) is 7.27. The monoisotopic (exact) mass is 227 g/mol. The SMILES string of the molecule is c1cc2c(cc1C1CC3CCC1C3)NCCC2. The number of aryl methyl sites for hydroxylation is 1. The molecule has 2 bridgehead atoms. The lowest BCUT2D eigenvalue weighted by atomic mass is 9.82. The van der Waals surface area contributed by atoms with Crippen LogP contribution >= 0.6 is 0 Å². The topological polar surface area (TPSA) is 12.0 Å². The zero-order chi connectivity index (χ0) is 11.2. The van der Waals surface area contributed by atoms with E-state index in [0.29, 0.717) is 0 Å². The Hall–Kier alpha value is -0.980. The summed E-state index contributed by atoms with van der Waals surface area (Å²) < 4.78 is 0. The van der Waals surface area contributed by atoms with Crippen LogP contribution in [0.25, 0.3) is 0 Å². The molecular formula is C16H21N. The Kier molecular flexibility index (Phi) is 2.21. The molecule has 3 unspecified atom stereocenters. The van der Waals surface area contributed by atoms with Crippen molar-refractivity contribution in [2.75, 3.05) is 11.9 Å². The number of anilines is 1. The molecule has 2 saturated carbocycles. The minimum absolute atomic E-state index is 0.878. The van der Waals surface area contributed by atoms with Crippen molar-refractivity contribution in [1.29, 1.82) is 0 Å². The van der Waals surface area contributed by atoms with E-state index in [1.54, 1.807) is 5.56 Å². The molecule has 1 N–H and O–H groups in total. The van der Waals surface area contributed by atoms with Gasteiger partial charge in [0.1, 0.15) is 0 Å². The third kappa shape index (κ3) is 1.59. The van der Waals surface area contributed by atoms with E-state index in [9.17, 15) is 0 Å². The van der Waals surface area contributed by atoms with Crippen molar-refractivity contribution in [2.24, 2.45) is 11.8 Å². The first-order chi connectivity index (χ1) is 8.40. The molecule has 1 heteroatoms. The van der Waals surface area contributed by atoms with Gasteiger partial charge in [-0.1, -0.05) is 18.6 Å². The zero-order valence-corrected chi connectivity index (χ0v) is 10.4. The normalized spacial score (nSPS) is 34.5. The van der Waals surface area contributed by atoms with Crippen molar-refractivity contribution in [3.05, 3.63) is 29.3 Å². The van der Waals surface area contributed by atoms with Gasteiger partial charge in [0, 0.05) is 12.2 Å². The van der Waals surface area contributed by atoms with Gasteiger partial charge in [0.15, 0.2) is 0 Å². The van der Waals surface area contributed by atoms with Crippen molar-refractivity contribution in [3.8, 4) is 0 Å². The Bertz CT molecular complexity index is 437. The molecule has 2 fully saturated rings. The van der Waals surface area contributed by atoms with Crippen molar-refractivity contribution in [1.82, 2.24) is 0 Å². The van der Waals surface area contributed by atoms with Crippen molar-refractivity contribution in [2.45, 2.75) is 44.4 Å². The molecular weight excluding hydrogens is 206 g/mol. The molecule has 0 amide bonds. The second kappa shape index (κ2) is 3.76. The fourth-order valence-electron chi connectivity index (χ4n) is 4.36. The Balaban J connectivity index is 1.66. The third-order valence-corrected chi connectivity index (χ3v) is 5.24. The number of benzene rings is 1. The number of nitrogens with one attached hydrogen (secondary N) is 1. The van der Waals surface area contributed by atoms with Gasteiger partial charge in [0.25, 0.3) is 0 Å². The Labute approximate surface area is 104 Å². The van der Waals surface area contributed by atoms with Crippen LogP contribution < -0.4 is 5.32 Å². The Morgan fingerprint density at radius 2 is 2.12 bits per heavy atom. The Morgan fingerprint density at radius 1 is 1.12 bits per heavy atom. The van der Waals surface area contributed by atoms with Gasteiger partial charge >= 0.3 is 0 Å². The van der Waals surface area contributed by atoms with Gasteiger partial charge in [0.05, 0.1) is 0 Å². The van der Waals surface area contributed by atoms with E-state index < -0.39 is 0 Å². The van der Waals surface area contributed by atoms with Crippen LogP contribution in [0.4, 0.5) is 5.69 Å². The van der Waals surface area contributed by atoms with Gasteiger partial charge < -0.3 is 5.32 Å². The number of rotatable bonds is 1. The third-order valence-electron chi connectivity index (χ3n) is 5.24. The first kappa shape index (κ1) is 9.99. The smallest absolute Gasteiger partial charge is 0.0375 e. The van der Waals surface area contributed by atoms with Crippen LogP contribution in [0.2, 0.25) is 0 Å². The summed E-state index contributed by atoms with van der Waals surface area (Å²) >= 11 is 0. The highest BCUT2D eigenvalue weighted by molar-refractivity contribution is 5.55. The second-order valence-electron chi connectivity index (χ2n) is 6.23. The summed E-state index contributed by atoms with van der Waals surface area (Å²) in [6, 6.07) is 7.25. The molecule has 17 heavy (non-hydrogen) atoms. The van der Waals surface area contributed by atoms with Crippen LogP contribution in [-0.4, -0.2) is 6.54 Å². The lowest BCUT2D eigenvalue weighted by Crippen LogP contribution is -2.14. The number of fused-ring (bicyclic) bond motifs is 3. The molecule has 0 radical (unpaired) electrons. The van der Waals surface area contributed by atoms with Crippen LogP contribution in [0, 0.1) is 11.8 Å². The average molecular weight is 227 g/mol. The lowest BCUT2D eigenvalue weighted by molar-refractivity contribution is 0.420. The van der Waals surface area contributed by atoms with Crippen LogP contribution in [0.1, 0.15) is 49.1 Å². The lowest BCUT2D eigenvalue weighted by Gasteiger charge is -2.25. The maximum atomic E-state index is 3.57. The molecule has 1 aromatic carbocycles.